The first-order valence-electron chi connectivity index (χ1n) is 15.1. The lowest BCUT2D eigenvalue weighted by Gasteiger charge is -2.40. The Kier molecular flexibility index (Phi) is 7.74. The summed E-state index contributed by atoms with van der Waals surface area (Å²) in [5.74, 6) is 5.23. The molecule has 2 heteroatoms. The summed E-state index contributed by atoms with van der Waals surface area (Å²) in [6.07, 6.45) is 23.8. The maximum Gasteiger partial charge on any atom is 0.167 e. The van der Waals surface area contributed by atoms with Crippen molar-refractivity contribution >= 4 is 5.78 Å². The predicted octanol–water partition coefficient (Wildman–Crippen LogP) is 8.19. The third kappa shape index (κ3) is 5.58. The summed E-state index contributed by atoms with van der Waals surface area (Å²) in [6, 6.07) is 0. The van der Waals surface area contributed by atoms with E-state index in [9.17, 15) is 9.90 Å². The molecule has 0 bridgehead atoms. The van der Waals surface area contributed by atoms with Gasteiger partial charge in [-0.3, -0.25) is 4.79 Å². The van der Waals surface area contributed by atoms with Gasteiger partial charge < -0.3 is 5.11 Å². The number of ketones is 1. The first-order chi connectivity index (χ1) is 16.4. The lowest BCUT2D eigenvalue weighted by Crippen LogP contribution is -2.33. The average molecular weight is 467 g/mol. The molecule has 0 amide bonds. The Morgan fingerprint density at radius 2 is 1.26 bits per heavy atom. The summed E-state index contributed by atoms with van der Waals surface area (Å²) in [6.45, 7) is 9.14. The Morgan fingerprint density at radius 3 is 1.88 bits per heavy atom. The van der Waals surface area contributed by atoms with Gasteiger partial charge in [0, 0.05) is 5.92 Å². The van der Waals surface area contributed by atoms with Gasteiger partial charge in [-0.25, -0.2) is 0 Å². The highest BCUT2D eigenvalue weighted by molar-refractivity contribution is 5.91. The summed E-state index contributed by atoms with van der Waals surface area (Å²) in [5, 5.41) is 10.2. The largest absolute Gasteiger partial charge is 0.382 e. The fourth-order valence-corrected chi connectivity index (χ4v) is 8.58. The van der Waals surface area contributed by atoms with Gasteiger partial charge in [-0.15, -0.1) is 0 Å². The zero-order valence-corrected chi connectivity index (χ0v) is 21.7. The van der Waals surface area contributed by atoms with Crippen molar-refractivity contribution in [2.75, 3.05) is 0 Å². The van der Waals surface area contributed by atoms with E-state index < -0.39 is 5.60 Å². The van der Waals surface area contributed by atoms with Gasteiger partial charge in [0.1, 0.15) is 5.60 Å². The van der Waals surface area contributed by atoms with Gasteiger partial charge >= 0.3 is 0 Å². The van der Waals surface area contributed by atoms with Crippen molar-refractivity contribution in [3.8, 4) is 0 Å². The molecule has 2 nitrogen and oxygen atoms in total. The number of carbonyl (C=O) groups excluding carboxylic acids is 1. The van der Waals surface area contributed by atoms with Crippen LogP contribution in [-0.2, 0) is 4.79 Å². The van der Waals surface area contributed by atoms with E-state index in [0.717, 1.165) is 49.4 Å². The van der Waals surface area contributed by atoms with Crippen LogP contribution in [0.4, 0.5) is 0 Å². The van der Waals surface area contributed by atoms with Gasteiger partial charge in [-0.1, -0.05) is 56.4 Å². The van der Waals surface area contributed by atoms with Crippen molar-refractivity contribution in [3.63, 3.8) is 0 Å². The molecule has 5 aliphatic rings. The zero-order valence-electron chi connectivity index (χ0n) is 21.7. The molecular formula is C32H50O2. The molecule has 5 saturated carbocycles. The third-order valence-electron chi connectivity index (χ3n) is 11.1. The predicted molar refractivity (Wildman–Crippen MR) is 140 cm³/mol. The van der Waals surface area contributed by atoms with Crippen LogP contribution in [0.15, 0.2) is 24.3 Å². The molecule has 1 N–H and O–H groups in total. The van der Waals surface area contributed by atoms with Gasteiger partial charge in [0.2, 0.25) is 0 Å². The number of Topliss-reactive ketones (excluding diaryl/α,β-unsaturated/α-hetero) is 1. The molecule has 5 fully saturated rings. The number of allylic oxidation sites excluding steroid dienone is 2. The van der Waals surface area contributed by atoms with E-state index >= 15 is 0 Å². The second-order valence-electron chi connectivity index (χ2n) is 13.3. The monoisotopic (exact) mass is 466 g/mol. The highest BCUT2D eigenvalue weighted by Crippen LogP contribution is 2.48. The van der Waals surface area contributed by atoms with Gasteiger partial charge in [0.25, 0.3) is 0 Å². The first kappa shape index (κ1) is 24.8. The SMILES string of the molecule is C=C(CC1CCCC(C2CCC(C(=C)C3CCC(C(=O)C4(O)CC4)CC3)CC2)C1)C1CCCC1. The topological polar surface area (TPSA) is 37.3 Å². The molecule has 34 heavy (non-hydrogen) atoms. The summed E-state index contributed by atoms with van der Waals surface area (Å²) in [4.78, 5) is 12.5. The molecule has 190 valence electrons. The van der Waals surface area contributed by atoms with E-state index in [2.05, 4.69) is 13.2 Å². The molecule has 0 spiro atoms. The maximum atomic E-state index is 12.5. The number of carbonyl (C=O) groups is 1. The molecule has 0 aromatic carbocycles. The minimum absolute atomic E-state index is 0.108. The number of aliphatic hydroxyl groups is 1. The minimum Gasteiger partial charge on any atom is -0.382 e. The molecule has 5 rings (SSSR count). The lowest BCUT2D eigenvalue weighted by atomic mass is 9.65. The lowest BCUT2D eigenvalue weighted by molar-refractivity contribution is -0.134. The molecule has 0 heterocycles. The molecule has 2 unspecified atom stereocenters. The Labute approximate surface area is 209 Å². The minimum atomic E-state index is -0.936. The Bertz CT molecular complexity index is 739. The number of rotatable bonds is 8. The molecular weight excluding hydrogens is 416 g/mol. The van der Waals surface area contributed by atoms with E-state index in [-0.39, 0.29) is 11.7 Å². The van der Waals surface area contributed by atoms with Crippen LogP contribution in [0.1, 0.15) is 122 Å². The van der Waals surface area contributed by atoms with E-state index in [0.29, 0.717) is 24.7 Å². The zero-order chi connectivity index (χ0) is 23.7. The Morgan fingerprint density at radius 1 is 0.676 bits per heavy atom. The van der Waals surface area contributed by atoms with Crippen molar-refractivity contribution in [1.29, 1.82) is 0 Å². The van der Waals surface area contributed by atoms with Crippen molar-refractivity contribution in [3.05, 3.63) is 24.3 Å². The van der Waals surface area contributed by atoms with Crippen LogP contribution in [-0.4, -0.2) is 16.5 Å². The van der Waals surface area contributed by atoms with Crippen LogP contribution in [0, 0.1) is 41.4 Å². The van der Waals surface area contributed by atoms with E-state index in [1.807, 2.05) is 0 Å². The summed E-state index contributed by atoms with van der Waals surface area (Å²) >= 11 is 0. The molecule has 0 radical (unpaired) electrons. The second-order valence-corrected chi connectivity index (χ2v) is 13.3. The molecule has 0 aromatic heterocycles. The van der Waals surface area contributed by atoms with E-state index in [1.54, 1.807) is 5.57 Å². The average Bonchev–Trinajstić information content (AvgIpc) is 3.38. The van der Waals surface area contributed by atoms with Gasteiger partial charge in [0.05, 0.1) is 0 Å². The van der Waals surface area contributed by atoms with Crippen molar-refractivity contribution < 1.29 is 9.90 Å². The van der Waals surface area contributed by atoms with Crippen LogP contribution in [0.25, 0.3) is 0 Å². The quantitative estimate of drug-likeness (QED) is 0.366. The molecule has 2 atom stereocenters. The highest BCUT2D eigenvalue weighted by atomic mass is 16.3. The van der Waals surface area contributed by atoms with Crippen LogP contribution in [0.3, 0.4) is 0 Å². The van der Waals surface area contributed by atoms with Gasteiger partial charge in [-0.2, -0.15) is 0 Å². The normalized spacial score (nSPS) is 38.4. The maximum absolute atomic E-state index is 12.5. The molecule has 5 aliphatic carbocycles. The summed E-state index contributed by atoms with van der Waals surface area (Å²) in [7, 11) is 0. The smallest absolute Gasteiger partial charge is 0.167 e. The van der Waals surface area contributed by atoms with Crippen molar-refractivity contribution in [2.45, 2.75) is 128 Å². The van der Waals surface area contributed by atoms with Crippen molar-refractivity contribution in [2.24, 2.45) is 41.4 Å². The number of hydrogen-bond donors (Lipinski definition) is 1. The fourth-order valence-electron chi connectivity index (χ4n) is 8.58. The highest BCUT2D eigenvalue weighted by Gasteiger charge is 2.50. The van der Waals surface area contributed by atoms with E-state index in [1.165, 1.54) is 89.0 Å². The molecule has 0 saturated heterocycles. The van der Waals surface area contributed by atoms with Crippen LogP contribution in [0.5, 0.6) is 0 Å². The van der Waals surface area contributed by atoms with Gasteiger partial charge in [-0.05, 0) is 125 Å². The van der Waals surface area contributed by atoms with Crippen LogP contribution < -0.4 is 0 Å². The van der Waals surface area contributed by atoms with E-state index in [4.69, 9.17) is 0 Å². The van der Waals surface area contributed by atoms with Gasteiger partial charge in [0.15, 0.2) is 5.78 Å². The Hall–Kier alpha value is -0.890. The number of hydrogen-bond acceptors (Lipinski definition) is 2. The van der Waals surface area contributed by atoms with Crippen LogP contribution in [0.2, 0.25) is 0 Å². The third-order valence-corrected chi connectivity index (χ3v) is 11.1. The summed E-state index contributed by atoms with van der Waals surface area (Å²) < 4.78 is 0. The fraction of sp³-hybridized carbons (Fsp3) is 0.844. The van der Waals surface area contributed by atoms with Crippen molar-refractivity contribution in [1.82, 2.24) is 0 Å². The Balaban J connectivity index is 1.04. The molecule has 0 aliphatic heterocycles. The second kappa shape index (κ2) is 10.6. The first-order valence-corrected chi connectivity index (χ1v) is 15.1. The standard InChI is InChI=1S/C32H50O2/c1-22(25-7-3-4-8-25)20-24-6-5-9-30(21-24)28-14-10-26(11-15-28)23(2)27-12-16-29(17-13-27)31(33)32(34)18-19-32/h24-30,34H,1-21H2. The van der Waals surface area contributed by atoms with Crippen LogP contribution >= 0.6 is 0 Å². The summed E-state index contributed by atoms with van der Waals surface area (Å²) in [5.41, 5.74) is 2.16. The molecule has 0 aromatic rings.